The lowest BCUT2D eigenvalue weighted by atomic mass is 9.70. The molecule has 12 heteroatoms. The number of anilines is 1. The van der Waals surface area contributed by atoms with Gasteiger partial charge in [0.25, 0.3) is 5.91 Å². The number of rotatable bonds is 15. The molecule has 1 spiro atoms. The molecule has 0 aromatic heterocycles. The number of hydrogen-bond acceptors (Lipinski definition) is 8. The Morgan fingerprint density at radius 3 is 2.49 bits per heavy atom. The van der Waals surface area contributed by atoms with Crippen molar-refractivity contribution in [2.45, 2.75) is 74.8 Å². The first kappa shape index (κ1) is 34.6. The minimum absolute atomic E-state index is 0.104. The summed E-state index contributed by atoms with van der Waals surface area (Å²) in [6.07, 6.45) is 2.99. The van der Waals surface area contributed by atoms with Crippen molar-refractivity contribution in [3.8, 4) is 5.75 Å². The number of amides is 3. The number of nitrogens with one attached hydrogen (secondary N) is 1. The summed E-state index contributed by atoms with van der Waals surface area (Å²) in [5.74, 6) is -3.22. The highest BCUT2D eigenvalue weighted by molar-refractivity contribution is 9.09. The third-order valence-electron chi connectivity index (χ3n) is 8.99. The first-order valence-electron chi connectivity index (χ1n) is 15.3. The molecule has 3 aliphatic heterocycles. The first-order chi connectivity index (χ1) is 21.4. The zero-order valence-corrected chi connectivity index (χ0v) is 27.9. The third kappa shape index (κ3) is 6.55. The Kier molecular flexibility index (Phi) is 11.1. The fourth-order valence-electron chi connectivity index (χ4n) is 6.85. The van der Waals surface area contributed by atoms with Crippen LogP contribution in [0.25, 0.3) is 0 Å². The van der Waals surface area contributed by atoms with Crippen molar-refractivity contribution >= 4 is 45.3 Å². The monoisotopic (exact) mass is 689 g/mol. The number of esters is 1. The van der Waals surface area contributed by atoms with E-state index in [1.165, 1.54) is 9.80 Å². The lowest BCUT2D eigenvalue weighted by Gasteiger charge is -2.40. The number of nitrogens with zero attached hydrogens (tertiary/aromatic N) is 2. The van der Waals surface area contributed by atoms with Crippen LogP contribution in [-0.2, 0) is 28.7 Å². The highest BCUT2D eigenvalue weighted by Gasteiger charge is 2.77. The van der Waals surface area contributed by atoms with Crippen molar-refractivity contribution in [3.63, 3.8) is 0 Å². The third-order valence-corrected chi connectivity index (χ3v) is 9.83. The summed E-state index contributed by atoms with van der Waals surface area (Å²) in [5.41, 5.74) is -0.770. The summed E-state index contributed by atoms with van der Waals surface area (Å²) in [6.45, 7) is 12.7. The average Bonchev–Trinajstić information content (AvgIpc) is 3.61. The van der Waals surface area contributed by atoms with Crippen molar-refractivity contribution in [2.24, 2.45) is 17.8 Å². The smallest absolute Gasteiger partial charge is 0.312 e. The number of ether oxygens (including phenoxy) is 3. The number of likely N-dealkylation sites (tertiary alicyclic amines) is 1. The number of carbonyl (C=O) groups excluding carboxylic acids is 4. The van der Waals surface area contributed by atoms with Gasteiger partial charge in [0.05, 0.1) is 44.2 Å². The summed E-state index contributed by atoms with van der Waals surface area (Å²) >= 11 is 3.67. The van der Waals surface area contributed by atoms with Gasteiger partial charge in [-0.2, -0.15) is 0 Å². The molecule has 3 fully saturated rings. The molecule has 0 saturated carbocycles. The maximum atomic E-state index is 14.7. The predicted molar refractivity (Wildman–Crippen MR) is 172 cm³/mol. The molecule has 3 saturated heterocycles. The molecular weight excluding hydrogens is 646 g/mol. The molecule has 3 amide bonds. The van der Waals surface area contributed by atoms with Gasteiger partial charge in [-0.05, 0) is 49.9 Å². The second-order valence-corrected chi connectivity index (χ2v) is 13.4. The highest BCUT2D eigenvalue weighted by atomic mass is 79.9. The number of halogens is 1. The van der Waals surface area contributed by atoms with E-state index in [-0.39, 0.29) is 42.8 Å². The van der Waals surface area contributed by atoms with E-state index in [0.29, 0.717) is 24.3 Å². The molecule has 8 atom stereocenters. The number of hydrogen-bond donors (Lipinski definition) is 2. The van der Waals surface area contributed by atoms with Crippen LogP contribution >= 0.6 is 15.9 Å². The maximum absolute atomic E-state index is 14.7. The van der Waals surface area contributed by atoms with Gasteiger partial charge in [0, 0.05) is 23.5 Å². The Bertz CT molecular complexity index is 1290. The number of benzene rings is 1. The molecule has 3 heterocycles. The summed E-state index contributed by atoms with van der Waals surface area (Å²) in [5, 5.41) is 13.2. The van der Waals surface area contributed by atoms with Gasteiger partial charge in [-0.3, -0.25) is 19.2 Å². The molecule has 4 rings (SSSR count). The molecular formula is C33H44BrN3O8. The Balaban J connectivity index is 1.69. The van der Waals surface area contributed by atoms with Gasteiger partial charge in [-0.1, -0.05) is 41.9 Å². The summed E-state index contributed by atoms with van der Waals surface area (Å²) in [6, 6.07) is 5.15. The molecule has 1 unspecified atom stereocenters. The van der Waals surface area contributed by atoms with E-state index in [9.17, 15) is 24.3 Å². The van der Waals surface area contributed by atoms with Crippen LogP contribution in [-0.4, -0.2) is 95.2 Å². The number of aliphatic hydroxyl groups excluding tert-OH is 1. The van der Waals surface area contributed by atoms with E-state index in [1.54, 1.807) is 50.5 Å². The van der Waals surface area contributed by atoms with Gasteiger partial charge in [0.1, 0.15) is 23.5 Å². The number of carbonyl (C=O) groups is 4. The summed E-state index contributed by atoms with van der Waals surface area (Å²) < 4.78 is 17.7. The largest absolute Gasteiger partial charge is 0.497 e. The molecule has 2 N–H and O–H groups in total. The molecule has 246 valence electrons. The second kappa shape index (κ2) is 14.5. The van der Waals surface area contributed by atoms with E-state index in [4.69, 9.17) is 14.2 Å². The molecule has 11 nitrogen and oxygen atoms in total. The van der Waals surface area contributed by atoms with E-state index in [2.05, 4.69) is 34.4 Å². The number of aliphatic hydroxyl groups is 1. The van der Waals surface area contributed by atoms with Crippen LogP contribution in [0, 0.1) is 17.8 Å². The average molecular weight is 691 g/mol. The number of fused-ring (bicyclic) bond motifs is 1. The highest BCUT2D eigenvalue weighted by Crippen LogP contribution is 2.61. The van der Waals surface area contributed by atoms with Crippen LogP contribution in [0.3, 0.4) is 0 Å². The molecule has 3 aliphatic rings. The van der Waals surface area contributed by atoms with Gasteiger partial charge >= 0.3 is 5.97 Å². The van der Waals surface area contributed by atoms with Gasteiger partial charge in [0.15, 0.2) is 0 Å². The van der Waals surface area contributed by atoms with E-state index >= 15 is 0 Å². The lowest BCUT2D eigenvalue weighted by molar-refractivity contribution is -0.159. The van der Waals surface area contributed by atoms with E-state index in [0.717, 1.165) is 0 Å². The zero-order valence-electron chi connectivity index (χ0n) is 26.3. The zero-order chi connectivity index (χ0) is 33.1. The van der Waals surface area contributed by atoms with Crippen molar-refractivity contribution in [3.05, 3.63) is 49.6 Å². The Morgan fingerprint density at radius 2 is 1.91 bits per heavy atom. The standard InChI is InChI=1S/C33H44BrN3O8/c1-7-9-10-25(39)35-17-20(5)44-32(42)26-27-30(40)37(24(18-38)19(3)4)29(33(27)16-23(34)28(26)45-33)31(41)36(15-8-2)21-11-13-22(43-6)14-12-21/h7-8,11-14,19-20,23-24,26-29,38H,1-2,9-10,15-18H2,3-6H3,(H,35,39)/t20-,23?,24+,26+,27-,28+,29+,33-/m1/s1. The Morgan fingerprint density at radius 1 is 1.22 bits per heavy atom. The van der Waals surface area contributed by atoms with E-state index in [1.807, 2.05) is 13.8 Å². The molecule has 0 radical (unpaired) electrons. The molecule has 2 bridgehead atoms. The van der Waals surface area contributed by atoms with Gasteiger partial charge < -0.3 is 34.4 Å². The van der Waals surface area contributed by atoms with Crippen molar-refractivity contribution in [1.29, 1.82) is 0 Å². The van der Waals surface area contributed by atoms with Gasteiger partial charge in [-0.15, -0.1) is 13.2 Å². The predicted octanol–water partition coefficient (Wildman–Crippen LogP) is 2.99. The SMILES string of the molecule is C=CCCC(=O)NC[C@@H](C)OC(=O)[C@@H]1[C@H]2O[C@@]3(CC2Br)[C@H](C(=O)N(CC=C)c2ccc(OC)cc2)N([C@@H](CO)C(C)C)C(=O)[C@@H]13. The number of allylic oxidation sites excluding steroid dienone is 1. The van der Waals surface area contributed by atoms with Gasteiger partial charge in [-0.25, -0.2) is 0 Å². The fraction of sp³-hybridized carbons (Fsp3) is 0.576. The quantitative estimate of drug-likeness (QED) is 0.163. The minimum atomic E-state index is -1.34. The van der Waals surface area contributed by atoms with Crippen LogP contribution in [0.1, 0.15) is 40.0 Å². The van der Waals surface area contributed by atoms with Crippen LogP contribution in [0.5, 0.6) is 5.75 Å². The van der Waals surface area contributed by atoms with E-state index < -0.39 is 59.5 Å². The lowest BCUT2D eigenvalue weighted by Crippen LogP contribution is -2.60. The Hall–Kier alpha value is -3.22. The van der Waals surface area contributed by atoms with Crippen LogP contribution in [0.2, 0.25) is 0 Å². The Labute approximate surface area is 273 Å². The maximum Gasteiger partial charge on any atom is 0.312 e. The molecule has 1 aromatic carbocycles. The fourth-order valence-corrected chi connectivity index (χ4v) is 7.80. The normalized spacial score (nSPS) is 27.9. The number of methoxy groups -OCH3 is 1. The number of alkyl halides is 1. The van der Waals surface area contributed by atoms with Gasteiger partial charge in [0.2, 0.25) is 11.8 Å². The van der Waals surface area contributed by atoms with Crippen LogP contribution in [0.15, 0.2) is 49.6 Å². The topological polar surface area (TPSA) is 135 Å². The summed E-state index contributed by atoms with van der Waals surface area (Å²) in [7, 11) is 1.55. The van der Waals surface area contributed by atoms with Crippen molar-refractivity contribution in [1.82, 2.24) is 10.2 Å². The first-order valence-corrected chi connectivity index (χ1v) is 16.3. The van der Waals surface area contributed by atoms with Crippen LogP contribution < -0.4 is 15.0 Å². The van der Waals surface area contributed by atoms with Crippen molar-refractivity contribution < 1.29 is 38.5 Å². The van der Waals surface area contributed by atoms with Crippen molar-refractivity contribution in [2.75, 3.05) is 31.7 Å². The molecule has 45 heavy (non-hydrogen) atoms. The van der Waals surface area contributed by atoms with Crippen LogP contribution in [0.4, 0.5) is 5.69 Å². The minimum Gasteiger partial charge on any atom is -0.497 e. The molecule has 1 aromatic rings. The molecule has 0 aliphatic carbocycles. The summed E-state index contributed by atoms with van der Waals surface area (Å²) in [4.78, 5) is 57.7. The second-order valence-electron chi connectivity index (χ2n) is 12.2.